The molecule has 1 aromatic rings. The van der Waals surface area contributed by atoms with Crippen molar-refractivity contribution in [3.63, 3.8) is 0 Å². The maximum Gasteiger partial charge on any atom is 0.129 e. The predicted molar refractivity (Wildman–Crippen MR) is 75.7 cm³/mol. The lowest BCUT2D eigenvalue weighted by atomic mass is 9.98. The van der Waals surface area contributed by atoms with Gasteiger partial charge < -0.3 is 15.2 Å². The van der Waals surface area contributed by atoms with Crippen molar-refractivity contribution in [2.75, 3.05) is 7.11 Å². The Balaban J connectivity index is 2.00. The molecule has 1 aliphatic carbocycles. The van der Waals surface area contributed by atoms with E-state index in [9.17, 15) is 0 Å². The van der Waals surface area contributed by atoms with Crippen LogP contribution in [0.1, 0.15) is 43.2 Å². The van der Waals surface area contributed by atoms with E-state index in [4.69, 9.17) is 20.6 Å². The Morgan fingerprint density at radius 2 is 2.05 bits per heavy atom. The highest BCUT2D eigenvalue weighted by Gasteiger charge is 2.14. The minimum absolute atomic E-state index is 0.0244. The Morgan fingerprint density at radius 1 is 1.32 bits per heavy atom. The Bertz CT molecular complexity index is 440. The molecule has 19 heavy (non-hydrogen) atoms. The van der Waals surface area contributed by atoms with E-state index in [-0.39, 0.29) is 5.84 Å². The molecule has 0 radical (unpaired) electrons. The number of benzene rings is 1. The molecular formula is C15H22N2O2. The first-order valence-corrected chi connectivity index (χ1v) is 6.83. The van der Waals surface area contributed by atoms with Crippen LogP contribution >= 0.6 is 0 Å². The zero-order valence-corrected chi connectivity index (χ0v) is 11.4. The molecule has 0 aromatic heterocycles. The number of hydrogen-bond acceptors (Lipinski definition) is 3. The van der Waals surface area contributed by atoms with Crippen LogP contribution in [-0.2, 0) is 11.3 Å². The third kappa shape index (κ3) is 3.70. The van der Waals surface area contributed by atoms with Crippen LogP contribution in [0.4, 0.5) is 0 Å². The fourth-order valence-corrected chi connectivity index (χ4v) is 2.50. The lowest BCUT2D eigenvalue weighted by Crippen LogP contribution is -2.17. The van der Waals surface area contributed by atoms with E-state index in [0.29, 0.717) is 24.0 Å². The Labute approximate surface area is 114 Å². The molecule has 104 valence electrons. The van der Waals surface area contributed by atoms with Crippen LogP contribution in [0.2, 0.25) is 0 Å². The van der Waals surface area contributed by atoms with Crippen molar-refractivity contribution in [2.24, 2.45) is 5.73 Å². The third-order valence-electron chi connectivity index (χ3n) is 3.59. The molecule has 1 aliphatic rings. The second kappa shape index (κ2) is 6.57. The molecule has 0 bridgehead atoms. The average molecular weight is 262 g/mol. The monoisotopic (exact) mass is 262 g/mol. The number of amidine groups is 1. The minimum atomic E-state index is 0.0244. The van der Waals surface area contributed by atoms with Gasteiger partial charge in [0.25, 0.3) is 0 Å². The summed E-state index contributed by atoms with van der Waals surface area (Å²) in [5, 5.41) is 7.56. The van der Waals surface area contributed by atoms with Gasteiger partial charge in [-0.1, -0.05) is 25.3 Å². The number of nitrogens with two attached hydrogens (primary N) is 1. The molecule has 2 rings (SSSR count). The minimum Gasteiger partial charge on any atom is -0.496 e. The molecule has 0 aliphatic heterocycles. The summed E-state index contributed by atoms with van der Waals surface area (Å²) in [7, 11) is 1.58. The molecule has 1 aromatic carbocycles. The van der Waals surface area contributed by atoms with Gasteiger partial charge in [0, 0.05) is 0 Å². The van der Waals surface area contributed by atoms with Gasteiger partial charge in [-0.2, -0.15) is 0 Å². The van der Waals surface area contributed by atoms with Crippen LogP contribution < -0.4 is 10.5 Å². The quantitative estimate of drug-likeness (QED) is 0.633. The normalized spacial score (nSPS) is 16.3. The fraction of sp³-hybridized carbons (Fsp3) is 0.533. The van der Waals surface area contributed by atoms with E-state index >= 15 is 0 Å². The lowest BCUT2D eigenvalue weighted by Gasteiger charge is -2.22. The van der Waals surface area contributed by atoms with Crippen molar-refractivity contribution >= 4 is 5.84 Å². The van der Waals surface area contributed by atoms with Crippen molar-refractivity contribution in [1.82, 2.24) is 0 Å². The second-order valence-corrected chi connectivity index (χ2v) is 5.02. The van der Waals surface area contributed by atoms with Gasteiger partial charge in [0.05, 0.1) is 25.4 Å². The van der Waals surface area contributed by atoms with E-state index in [1.165, 1.54) is 19.3 Å². The largest absolute Gasteiger partial charge is 0.496 e. The molecule has 4 heteroatoms. The number of nitrogen functional groups attached to an aromatic ring is 1. The second-order valence-electron chi connectivity index (χ2n) is 5.02. The first-order valence-electron chi connectivity index (χ1n) is 6.83. The van der Waals surface area contributed by atoms with Crippen molar-refractivity contribution in [3.05, 3.63) is 29.3 Å². The summed E-state index contributed by atoms with van der Waals surface area (Å²) in [4.78, 5) is 0. The SMILES string of the molecule is COc1ccc(COC2CCCCC2)cc1C(=N)N. The van der Waals surface area contributed by atoms with Crippen LogP contribution in [0.25, 0.3) is 0 Å². The van der Waals surface area contributed by atoms with Gasteiger partial charge in [0.2, 0.25) is 0 Å². The van der Waals surface area contributed by atoms with Gasteiger partial charge in [-0.25, -0.2) is 0 Å². The predicted octanol–water partition coefficient (Wildman–Crippen LogP) is 2.83. The summed E-state index contributed by atoms with van der Waals surface area (Å²) in [6.45, 7) is 0.578. The smallest absolute Gasteiger partial charge is 0.129 e. The molecule has 4 nitrogen and oxygen atoms in total. The van der Waals surface area contributed by atoms with Crippen LogP contribution in [0, 0.1) is 5.41 Å². The summed E-state index contributed by atoms with van der Waals surface area (Å²) in [6.07, 6.45) is 6.58. The van der Waals surface area contributed by atoms with E-state index in [2.05, 4.69) is 0 Å². The summed E-state index contributed by atoms with van der Waals surface area (Å²) >= 11 is 0. The first kappa shape index (κ1) is 13.9. The van der Waals surface area contributed by atoms with E-state index in [1.807, 2.05) is 18.2 Å². The summed E-state index contributed by atoms with van der Waals surface area (Å²) in [6, 6.07) is 5.69. The molecule has 0 atom stereocenters. The van der Waals surface area contributed by atoms with Crippen LogP contribution in [0.3, 0.4) is 0 Å². The molecule has 3 N–H and O–H groups in total. The van der Waals surface area contributed by atoms with Gasteiger partial charge in [0.15, 0.2) is 0 Å². The molecule has 0 unspecified atom stereocenters. The topological polar surface area (TPSA) is 68.3 Å². The molecule has 1 fully saturated rings. The van der Waals surface area contributed by atoms with Crippen LogP contribution in [0.15, 0.2) is 18.2 Å². The molecule has 1 saturated carbocycles. The van der Waals surface area contributed by atoms with Gasteiger partial charge >= 0.3 is 0 Å². The van der Waals surface area contributed by atoms with Gasteiger partial charge in [-0.15, -0.1) is 0 Å². The highest BCUT2D eigenvalue weighted by molar-refractivity contribution is 5.97. The Hall–Kier alpha value is -1.55. The van der Waals surface area contributed by atoms with Crippen molar-refractivity contribution < 1.29 is 9.47 Å². The van der Waals surface area contributed by atoms with Gasteiger partial charge in [-0.05, 0) is 30.5 Å². The molecule has 0 heterocycles. The lowest BCUT2D eigenvalue weighted by molar-refractivity contribution is 0.0168. The number of ether oxygens (including phenoxy) is 2. The summed E-state index contributed by atoms with van der Waals surface area (Å²) in [5.41, 5.74) is 7.23. The number of rotatable bonds is 5. The van der Waals surface area contributed by atoms with Gasteiger partial charge in [0.1, 0.15) is 11.6 Å². The molecule has 0 spiro atoms. The summed E-state index contributed by atoms with van der Waals surface area (Å²) in [5.74, 6) is 0.658. The molecular weight excluding hydrogens is 240 g/mol. The van der Waals surface area contributed by atoms with E-state index < -0.39 is 0 Å². The number of nitrogens with one attached hydrogen (secondary N) is 1. The maximum atomic E-state index is 7.56. The standard InChI is InChI=1S/C15H22N2O2/c1-18-14-8-7-11(9-13(14)15(16)17)10-19-12-5-3-2-4-6-12/h7-9,12H,2-6,10H2,1H3,(H3,16,17). The van der Waals surface area contributed by atoms with Crippen molar-refractivity contribution in [2.45, 2.75) is 44.8 Å². The zero-order valence-electron chi connectivity index (χ0n) is 11.4. The highest BCUT2D eigenvalue weighted by Crippen LogP contribution is 2.23. The zero-order chi connectivity index (χ0) is 13.7. The van der Waals surface area contributed by atoms with Crippen molar-refractivity contribution in [3.8, 4) is 5.75 Å². The number of hydrogen-bond donors (Lipinski definition) is 2. The third-order valence-corrected chi connectivity index (χ3v) is 3.59. The van der Waals surface area contributed by atoms with Crippen molar-refractivity contribution in [1.29, 1.82) is 5.41 Å². The first-order chi connectivity index (χ1) is 9.20. The van der Waals surface area contributed by atoms with Crippen LogP contribution in [-0.4, -0.2) is 19.0 Å². The number of methoxy groups -OCH3 is 1. The van der Waals surface area contributed by atoms with Crippen LogP contribution in [0.5, 0.6) is 5.75 Å². The summed E-state index contributed by atoms with van der Waals surface area (Å²) < 4.78 is 11.1. The fourth-order valence-electron chi connectivity index (χ4n) is 2.50. The Morgan fingerprint density at radius 3 is 2.68 bits per heavy atom. The maximum absolute atomic E-state index is 7.56. The van der Waals surface area contributed by atoms with E-state index in [1.54, 1.807) is 7.11 Å². The average Bonchev–Trinajstić information content (AvgIpc) is 2.46. The van der Waals surface area contributed by atoms with Gasteiger partial charge in [-0.3, -0.25) is 5.41 Å². The molecule has 0 amide bonds. The highest BCUT2D eigenvalue weighted by atomic mass is 16.5. The van der Waals surface area contributed by atoms with E-state index in [0.717, 1.165) is 18.4 Å². The Kier molecular flexibility index (Phi) is 4.80. The molecule has 0 saturated heterocycles.